The van der Waals surface area contributed by atoms with Crippen LogP contribution in [0.5, 0.6) is 0 Å². The fourth-order valence-corrected chi connectivity index (χ4v) is 1.81. The maximum atomic E-state index is 11.9. The van der Waals surface area contributed by atoms with Crippen LogP contribution in [-0.2, 0) is 4.74 Å². The molecule has 1 unspecified atom stereocenters. The van der Waals surface area contributed by atoms with Gasteiger partial charge in [0.2, 0.25) is 0 Å². The molecule has 0 aromatic heterocycles. The first-order valence-corrected chi connectivity index (χ1v) is 6.65. The first kappa shape index (κ1) is 16.8. The molecule has 0 heterocycles. The van der Waals surface area contributed by atoms with Crippen LogP contribution in [0.25, 0.3) is 0 Å². The van der Waals surface area contributed by atoms with Crippen molar-refractivity contribution in [2.45, 2.75) is 58.9 Å². The second-order valence-electron chi connectivity index (χ2n) is 4.83. The molecule has 104 valence electrons. The predicted octanol–water partition coefficient (Wildman–Crippen LogP) is 3.46. The molecule has 0 aliphatic rings. The summed E-state index contributed by atoms with van der Waals surface area (Å²) in [4.78, 5) is 0. The summed E-state index contributed by atoms with van der Waals surface area (Å²) in [5, 5.41) is 3.38. The SMILES string of the molecule is CCNC(CCCC(C)C)CCOCC(F)F. The molecule has 1 atom stereocenters. The van der Waals surface area contributed by atoms with E-state index in [0.29, 0.717) is 12.6 Å². The van der Waals surface area contributed by atoms with E-state index in [9.17, 15) is 8.78 Å². The van der Waals surface area contributed by atoms with Gasteiger partial charge < -0.3 is 10.1 Å². The molecule has 17 heavy (non-hydrogen) atoms. The highest BCUT2D eigenvalue weighted by Crippen LogP contribution is 2.10. The highest BCUT2D eigenvalue weighted by molar-refractivity contribution is 4.66. The van der Waals surface area contributed by atoms with Crippen molar-refractivity contribution in [3.05, 3.63) is 0 Å². The van der Waals surface area contributed by atoms with E-state index >= 15 is 0 Å². The van der Waals surface area contributed by atoms with Gasteiger partial charge in [-0.05, 0) is 25.3 Å². The number of nitrogens with one attached hydrogen (secondary N) is 1. The number of hydrogen-bond donors (Lipinski definition) is 1. The molecule has 4 heteroatoms. The molecule has 0 saturated carbocycles. The zero-order chi connectivity index (χ0) is 13.1. The summed E-state index contributed by atoms with van der Waals surface area (Å²) in [5.74, 6) is 0.729. The molecule has 2 nitrogen and oxygen atoms in total. The van der Waals surface area contributed by atoms with Crippen LogP contribution in [0.1, 0.15) is 46.5 Å². The van der Waals surface area contributed by atoms with Gasteiger partial charge in [-0.2, -0.15) is 0 Å². The lowest BCUT2D eigenvalue weighted by Gasteiger charge is -2.18. The number of halogens is 2. The maximum Gasteiger partial charge on any atom is 0.261 e. The minimum Gasteiger partial charge on any atom is -0.375 e. The molecule has 0 aliphatic carbocycles. The van der Waals surface area contributed by atoms with Crippen LogP contribution >= 0.6 is 0 Å². The smallest absolute Gasteiger partial charge is 0.261 e. The minimum atomic E-state index is -2.35. The Labute approximate surface area is 104 Å². The fraction of sp³-hybridized carbons (Fsp3) is 1.00. The first-order chi connectivity index (χ1) is 8.06. The van der Waals surface area contributed by atoms with Crippen molar-refractivity contribution in [2.75, 3.05) is 19.8 Å². The molecule has 0 aromatic carbocycles. The van der Waals surface area contributed by atoms with Gasteiger partial charge in [0.05, 0.1) is 0 Å². The molecular formula is C13H27F2NO. The molecule has 1 N–H and O–H groups in total. The van der Waals surface area contributed by atoms with Gasteiger partial charge in [0.1, 0.15) is 6.61 Å². The van der Waals surface area contributed by atoms with Gasteiger partial charge in [0, 0.05) is 12.6 Å². The number of rotatable bonds is 11. The third-order valence-electron chi connectivity index (χ3n) is 2.68. The Morgan fingerprint density at radius 2 is 1.82 bits per heavy atom. The normalized spacial score (nSPS) is 13.6. The minimum absolute atomic E-state index is 0.399. The lowest BCUT2D eigenvalue weighted by molar-refractivity contribution is 0.0142. The second-order valence-corrected chi connectivity index (χ2v) is 4.83. The summed E-state index contributed by atoms with van der Waals surface area (Å²) in [6.07, 6.45) is 1.97. The van der Waals surface area contributed by atoms with Crippen molar-refractivity contribution in [1.82, 2.24) is 5.32 Å². The van der Waals surface area contributed by atoms with E-state index in [1.54, 1.807) is 0 Å². The van der Waals surface area contributed by atoms with Crippen molar-refractivity contribution in [1.29, 1.82) is 0 Å². The van der Waals surface area contributed by atoms with E-state index in [1.807, 2.05) is 0 Å². The molecule has 0 radical (unpaired) electrons. The summed E-state index contributed by atoms with van der Waals surface area (Å²) >= 11 is 0. The van der Waals surface area contributed by atoms with Gasteiger partial charge in [-0.25, -0.2) is 8.78 Å². The van der Waals surface area contributed by atoms with Gasteiger partial charge in [-0.15, -0.1) is 0 Å². The van der Waals surface area contributed by atoms with Gasteiger partial charge >= 0.3 is 0 Å². The Morgan fingerprint density at radius 1 is 1.12 bits per heavy atom. The van der Waals surface area contributed by atoms with Crippen molar-refractivity contribution in [2.24, 2.45) is 5.92 Å². The lowest BCUT2D eigenvalue weighted by atomic mass is 10.0. The maximum absolute atomic E-state index is 11.9. The zero-order valence-electron chi connectivity index (χ0n) is 11.3. The van der Waals surface area contributed by atoms with Crippen molar-refractivity contribution >= 4 is 0 Å². The van der Waals surface area contributed by atoms with Gasteiger partial charge in [0.15, 0.2) is 0 Å². The average Bonchev–Trinajstić information content (AvgIpc) is 2.23. The zero-order valence-corrected chi connectivity index (χ0v) is 11.3. The molecule has 0 aliphatic heterocycles. The van der Waals surface area contributed by atoms with Gasteiger partial charge in [0.25, 0.3) is 6.43 Å². The van der Waals surface area contributed by atoms with E-state index in [-0.39, 0.29) is 0 Å². The van der Waals surface area contributed by atoms with Crippen LogP contribution in [0.4, 0.5) is 8.78 Å². The largest absolute Gasteiger partial charge is 0.375 e. The second kappa shape index (κ2) is 10.9. The summed E-state index contributed by atoms with van der Waals surface area (Å²) in [5.41, 5.74) is 0. The quantitative estimate of drug-likeness (QED) is 0.568. The predicted molar refractivity (Wildman–Crippen MR) is 67.6 cm³/mol. The molecule has 0 rings (SSSR count). The van der Waals surface area contributed by atoms with E-state index in [2.05, 4.69) is 26.1 Å². The van der Waals surface area contributed by atoms with Crippen LogP contribution in [0.2, 0.25) is 0 Å². The Kier molecular flexibility index (Phi) is 10.8. The summed E-state index contributed by atoms with van der Waals surface area (Å²) in [7, 11) is 0. The molecular weight excluding hydrogens is 224 g/mol. The van der Waals surface area contributed by atoms with Crippen molar-refractivity contribution < 1.29 is 13.5 Å². The third kappa shape index (κ3) is 12.0. The van der Waals surface area contributed by atoms with E-state index in [0.717, 1.165) is 25.3 Å². The van der Waals surface area contributed by atoms with E-state index in [1.165, 1.54) is 12.8 Å². The van der Waals surface area contributed by atoms with Crippen LogP contribution in [-0.4, -0.2) is 32.2 Å². The highest BCUT2D eigenvalue weighted by Gasteiger charge is 2.08. The van der Waals surface area contributed by atoms with E-state index in [4.69, 9.17) is 4.74 Å². The summed E-state index contributed by atoms with van der Waals surface area (Å²) in [6, 6.07) is 0.399. The molecule has 0 saturated heterocycles. The molecule has 0 aromatic rings. The van der Waals surface area contributed by atoms with E-state index < -0.39 is 13.0 Å². The van der Waals surface area contributed by atoms with Crippen LogP contribution < -0.4 is 5.32 Å². The average molecular weight is 251 g/mol. The number of alkyl halides is 2. The monoisotopic (exact) mass is 251 g/mol. The summed E-state index contributed by atoms with van der Waals surface area (Å²) < 4.78 is 28.6. The molecule has 0 bridgehead atoms. The van der Waals surface area contributed by atoms with Gasteiger partial charge in [-0.1, -0.05) is 33.6 Å². The first-order valence-electron chi connectivity index (χ1n) is 6.65. The number of hydrogen-bond acceptors (Lipinski definition) is 2. The standard InChI is InChI=1S/C13H27F2NO/c1-4-16-12(7-5-6-11(2)3)8-9-17-10-13(14)15/h11-13,16H,4-10H2,1-3H3. The third-order valence-corrected chi connectivity index (χ3v) is 2.68. The van der Waals surface area contributed by atoms with Gasteiger partial charge in [-0.3, -0.25) is 0 Å². The Morgan fingerprint density at radius 3 is 2.35 bits per heavy atom. The van der Waals surface area contributed by atoms with Crippen LogP contribution in [0, 0.1) is 5.92 Å². The Hall–Kier alpha value is -0.220. The molecule has 0 spiro atoms. The highest BCUT2D eigenvalue weighted by atomic mass is 19.3. The number of ether oxygens (including phenoxy) is 1. The Balaban J connectivity index is 3.59. The topological polar surface area (TPSA) is 21.3 Å². The summed E-state index contributed by atoms with van der Waals surface area (Å²) in [6.45, 7) is 7.40. The molecule has 0 amide bonds. The van der Waals surface area contributed by atoms with Crippen molar-refractivity contribution in [3.8, 4) is 0 Å². The fourth-order valence-electron chi connectivity index (χ4n) is 1.81. The lowest BCUT2D eigenvalue weighted by Crippen LogP contribution is -2.30. The van der Waals surface area contributed by atoms with Crippen LogP contribution in [0.15, 0.2) is 0 Å². The van der Waals surface area contributed by atoms with Crippen LogP contribution in [0.3, 0.4) is 0 Å². The Bertz CT molecular complexity index is 165. The van der Waals surface area contributed by atoms with Crippen molar-refractivity contribution in [3.63, 3.8) is 0 Å². The molecule has 0 fully saturated rings.